The minimum atomic E-state index is -4.84. The van der Waals surface area contributed by atoms with Crippen LogP contribution in [-0.4, -0.2) is 70.9 Å². The molecule has 1 atom stereocenters. The van der Waals surface area contributed by atoms with Crippen LogP contribution < -0.4 is 59.1 Å². The van der Waals surface area contributed by atoms with Crippen molar-refractivity contribution in [3.8, 4) is 0 Å². The molecule has 8 nitrogen and oxygen atoms in total. The van der Waals surface area contributed by atoms with Gasteiger partial charge in [-0.25, -0.2) is 0 Å². The van der Waals surface area contributed by atoms with E-state index in [0.717, 1.165) is 13.2 Å². The van der Waals surface area contributed by atoms with Crippen molar-refractivity contribution in [1.29, 1.82) is 0 Å². The molecule has 0 amide bonds. The van der Waals surface area contributed by atoms with E-state index in [1.807, 2.05) is 0 Å². The molecule has 0 aliphatic rings. The van der Waals surface area contributed by atoms with Crippen molar-refractivity contribution in [2.75, 3.05) is 13.2 Å². The van der Waals surface area contributed by atoms with Crippen molar-refractivity contribution < 1.29 is 99.5 Å². The summed E-state index contributed by atoms with van der Waals surface area (Å²) in [5.74, 6) is -3.50. The fraction of sp³-hybridized carbons (Fsp3) is 0.929. The normalized spacial score (nSPS) is 11.2. The summed E-state index contributed by atoms with van der Waals surface area (Å²) in [6.07, 6.45) is 27.0. The largest absolute Gasteiger partial charge is 1.00 e. The third kappa shape index (κ3) is 41.5. The zero-order chi connectivity index (χ0) is 28.2. The molecule has 3 N–H and O–H groups in total. The molecule has 0 aromatic rings. The van der Waals surface area contributed by atoms with Gasteiger partial charge in [-0.2, -0.15) is 8.42 Å². The van der Waals surface area contributed by atoms with E-state index in [9.17, 15) is 18.0 Å². The number of rotatable bonds is 26. The van der Waals surface area contributed by atoms with Gasteiger partial charge in [-0.3, -0.25) is 14.1 Å². The molecule has 0 fully saturated rings. The molecule has 12 heteroatoms. The SMILES string of the molecule is CCCCCCCCCCCCOCCCCCCCCCCCC.O=C(O)CC(C(=O)O)S(=O)(=O)O.[AlH3].[H-].[H-].[Na+].[Na+]. The molecular weight excluding hydrogens is 569 g/mol. The Morgan fingerprint density at radius 1 is 0.625 bits per heavy atom. The van der Waals surface area contributed by atoms with Gasteiger partial charge in [0.05, 0.1) is 6.42 Å². The smallest absolute Gasteiger partial charge is 1.00 e. The summed E-state index contributed by atoms with van der Waals surface area (Å²) >= 11 is 0. The Labute approximate surface area is 303 Å². The Balaban J connectivity index is -0.000000124. The summed E-state index contributed by atoms with van der Waals surface area (Å²) in [4.78, 5) is 20.0. The molecule has 0 spiro atoms. The Bertz CT molecular complexity index is 629. The third-order valence-electron chi connectivity index (χ3n) is 6.28. The van der Waals surface area contributed by atoms with Gasteiger partial charge in [0, 0.05) is 13.2 Å². The van der Waals surface area contributed by atoms with E-state index in [-0.39, 0.29) is 79.3 Å². The fourth-order valence-electron chi connectivity index (χ4n) is 3.96. The maximum atomic E-state index is 10.2. The minimum absolute atomic E-state index is 0. The van der Waals surface area contributed by atoms with Crippen LogP contribution in [0.4, 0.5) is 0 Å². The number of ether oxygens (including phenoxy) is 1. The summed E-state index contributed by atoms with van der Waals surface area (Å²) < 4.78 is 34.4. The maximum Gasteiger partial charge on any atom is 1.00 e. The number of carboxylic acids is 2. The zero-order valence-electron chi connectivity index (χ0n) is 27.6. The molecule has 0 aliphatic carbocycles. The van der Waals surface area contributed by atoms with Gasteiger partial charge in [0.25, 0.3) is 10.1 Å². The molecule has 0 radical (unpaired) electrons. The molecule has 0 heterocycles. The van der Waals surface area contributed by atoms with E-state index >= 15 is 0 Å². The second-order valence-corrected chi connectivity index (χ2v) is 11.5. The fourth-order valence-corrected chi connectivity index (χ4v) is 4.57. The van der Waals surface area contributed by atoms with E-state index in [2.05, 4.69) is 13.8 Å². The van der Waals surface area contributed by atoms with Crippen LogP contribution in [0.15, 0.2) is 0 Å². The van der Waals surface area contributed by atoms with Gasteiger partial charge in [-0.15, -0.1) is 0 Å². The van der Waals surface area contributed by atoms with Crippen LogP contribution >= 0.6 is 0 Å². The molecule has 0 aromatic heterocycles. The van der Waals surface area contributed by atoms with Gasteiger partial charge in [-0.05, 0) is 12.8 Å². The van der Waals surface area contributed by atoms with Crippen molar-refractivity contribution >= 4 is 39.4 Å². The average molecular weight is 631 g/mol. The van der Waals surface area contributed by atoms with Crippen LogP contribution in [0.3, 0.4) is 0 Å². The molecular formula is C28H61AlNa2O8S. The molecule has 40 heavy (non-hydrogen) atoms. The Morgan fingerprint density at radius 3 is 1.10 bits per heavy atom. The van der Waals surface area contributed by atoms with Crippen molar-refractivity contribution in [1.82, 2.24) is 0 Å². The van der Waals surface area contributed by atoms with Crippen LogP contribution in [0, 0.1) is 0 Å². The monoisotopic (exact) mass is 630 g/mol. The van der Waals surface area contributed by atoms with Crippen molar-refractivity contribution in [2.45, 2.75) is 154 Å². The van der Waals surface area contributed by atoms with E-state index in [4.69, 9.17) is 19.5 Å². The number of carbonyl (C=O) groups is 2. The van der Waals surface area contributed by atoms with Gasteiger partial charge in [0.2, 0.25) is 0 Å². The second-order valence-electron chi connectivity index (χ2n) is 9.92. The molecule has 232 valence electrons. The van der Waals surface area contributed by atoms with Crippen LogP contribution in [0.5, 0.6) is 0 Å². The quantitative estimate of drug-likeness (QED) is 0.0722. The molecule has 0 aliphatic heterocycles. The summed E-state index contributed by atoms with van der Waals surface area (Å²) in [6.45, 7) is 6.57. The number of hydrogen-bond donors (Lipinski definition) is 3. The first kappa shape index (κ1) is 50.9. The van der Waals surface area contributed by atoms with Crippen molar-refractivity contribution in [3.63, 3.8) is 0 Å². The summed E-state index contributed by atoms with van der Waals surface area (Å²) in [7, 11) is -4.84. The predicted molar refractivity (Wildman–Crippen MR) is 162 cm³/mol. The standard InChI is InChI=1S/C24H50O.C4H6O7S.Al.2Na.5H/c1-3-5-7-9-11-13-15-17-19-21-23-25-24-22-20-18-16-14-12-10-8-6-4-2;5-3(6)1-2(4(7)8)12(9,10)11;;;;;;;;/h3-24H2,1-2H3;2H,1H2,(H,5,6)(H,7,8)(H,9,10,11);;;;;;;;/q;;;2*+1;;;;2*-1. The molecule has 0 rings (SSSR count). The first-order valence-corrected chi connectivity index (χ1v) is 16.2. The van der Waals surface area contributed by atoms with Crippen molar-refractivity contribution in [3.05, 3.63) is 0 Å². The topological polar surface area (TPSA) is 138 Å². The second kappa shape index (κ2) is 38.4. The number of hydrogen-bond acceptors (Lipinski definition) is 5. The van der Waals surface area contributed by atoms with Crippen LogP contribution in [0.25, 0.3) is 0 Å². The molecule has 1 unspecified atom stereocenters. The van der Waals surface area contributed by atoms with E-state index in [1.54, 1.807) is 0 Å². The summed E-state index contributed by atoms with van der Waals surface area (Å²) in [5, 5.41) is 13.9. The summed E-state index contributed by atoms with van der Waals surface area (Å²) in [5.41, 5.74) is 0. The number of aliphatic carboxylic acids is 2. The van der Waals surface area contributed by atoms with Gasteiger partial charge >= 0.3 is 71.1 Å². The van der Waals surface area contributed by atoms with E-state index in [0.29, 0.717) is 0 Å². The molecule has 0 aromatic carbocycles. The summed E-state index contributed by atoms with van der Waals surface area (Å²) in [6, 6.07) is 0. The predicted octanol–water partition coefficient (Wildman–Crippen LogP) is 0.696. The first-order chi connectivity index (χ1) is 17.7. The number of carboxylic acid groups (broad SMARTS) is 2. The minimum Gasteiger partial charge on any atom is -1.00 e. The third-order valence-corrected chi connectivity index (χ3v) is 7.37. The molecule has 0 saturated heterocycles. The molecule has 0 saturated carbocycles. The van der Waals surface area contributed by atoms with Gasteiger partial charge in [0.1, 0.15) is 0 Å². The van der Waals surface area contributed by atoms with E-state index < -0.39 is 33.7 Å². The molecule has 0 bridgehead atoms. The number of unbranched alkanes of at least 4 members (excludes halogenated alkanes) is 18. The first-order valence-electron chi connectivity index (χ1n) is 14.6. The zero-order valence-corrected chi connectivity index (χ0v) is 30.4. The average Bonchev–Trinajstić information content (AvgIpc) is 2.83. The Morgan fingerprint density at radius 2 is 0.900 bits per heavy atom. The van der Waals surface area contributed by atoms with Crippen LogP contribution in [0.1, 0.15) is 152 Å². The van der Waals surface area contributed by atoms with Crippen LogP contribution in [-0.2, 0) is 24.4 Å². The van der Waals surface area contributed by atoms with Gasteiger partial charge < -0.3 is 17.8 Å². The Kier molecular flexibility index (Phi) is 48.9. The van der Waals surface area contributed by atoms with Gasteiger partial charge in [-0.1, -0.05) is 129 Å². The maximum absolute atomic E-state index is 10.2. The Hall–Kier alpha value is 1.34. The van der Waals surface area contributed by atoms with E-state index in [1.165, 1.54) is 128 Å². The van der Waals surface area contributed by atoms with Crippen molar-refractivity contribution in [2.24, 2.45) is 0 Å². The van der Waals surface area contributed by atoms with Crippen LogP contribution in [0.2, 0.25) is 0 Å². The van der Waals surface area contributed by atoms with Gasteiger partial charge in [0.15, 0.2) is 22.6 Å².